The van der Waals surface area contributed by atoms with Crippen LogP contribution in [0, 0.1) is 11.6 Å². The van der Waals surface area contributed by atoms with Crippen LogP contribution in [-0.2, 0) is 11.3 Å². The molecular weight excluding hydrogens is 520 g/mol. The first kappa shape index (κ1) is 20.6. The number of imidazole rings is 1. The quantitative estimate of drug-likeness (QED) is 0.333. The van der Waals surface area contributed by atoms with Crippen molar-refractivity contribution in [3.05, 3.63) is 54.2 Å². The molecule has 0 radical (unpaired) electrons. The molecule has 14 heteroatoms. The van der Waals surface area contributed by atoms with Crippen molar-refractivity contribution < 1.29 is 33.9 Å². The molecule has 4 N–H and O–H groups in total. The lowest BCUT2D eigenvalue weighted by molar-refractivity contribution is -0.135. The number of carbonyl (C=O) groups is 1. The molecule has 0 saturated carbocycles. The number of Topliss-reactive ketones (excluding diaryl/α,β-unsaturated/α-hetero) is 1. The van der Waals surface area contributed by atoms with E-state index in [1.807, 2.05) is 0 Å². The number of methoxy groups -OCH3 is 1. The van der Waals surface area contributed by atoms with Gasteiger partial charge in [-0.3, -0.25) is 9.78 Å². The molecule has 5 rings (SSSR count). The molecule has 3 aromatic heterocycles. The summed E-state index contributed by atoms with van der Waals surface area (Å²) in [5, 5.41) is 0. The van der Waals surface area contributed by atoms with Crippen molar-refractivity contribution in [2.45, 2.75) is 31.3 Å². The number of nitrogen functional groups attached to an aromatic ring is 1. The van der Waals surface area contributed by atoms with Gasteiger partial charge in [-0.05, 0) is 30.5 Å². The van der Waals surface area contributed by atoms with E-state index in [0.29, 0.717) is 12.1 Å². The van der Waals surface area contributed by atoms with Crippen LogP contribution < -0.4 is 21.1 Å². The second-order valence-corrected chi connectivity index (χ2v) is 8.95. The average molecular weight is 550 g/mol. The molecule has 0 unspecified atom stereocenters. The number of benzene rings is 1. The number of rotatable bonds is 7. The standard InChI is InChI=1S/C25H24F4N8O2/c1-39-19-7-15(26)14(6-16(19)27)17-5-13(9-37-12-35-20-23(30)33-11-34-24(20)37)18(8-32-17)36-4-2-3-25(31,10-36)21(38)22(28)29/h5-8,11-12,22H,2-4,9-10,31H2,1H3,(H2,30,33,34)/t25-/m0/s1/i1D3,9D2. The lowest BCUT2D eigenvalue weighted by atomic mass is 9.85. The molecule has 0 spiro atoms. The Balaban J connectivity index is 1.68. The number of alkyl halides is 2. The number of ketones is 1. The van der Waals surface area contributed by atoms with Gasteiger partial charge in [0.05, 0.1) is 49.8 Å². The molecule has 0 amide bonds. The Morgan fingerprint density at radius 1 is 1.23 bits per heavy atom. The number of hydrogen-bond acceptors (Lipinski definition) is 9. The van der Waals surface area contributed by atoms with E-state index in [1.54, 1.807) is 0 Å². The van der Waals surface area contributed by atoms with E-state index in [0.717, 1.165) is 29.5 Å². The number of aromatic nitrogens is 5. The number of hydrogen-bond donors (Lipinski definition) is 2. The molecule has 1 atom stereocenters. The first-order valence-electron chi connectivity index (χ1n) is 14.0. The number of anilines is 2. The molecule has 39 heavy (non-hydrogen) atoms. The van der Waals surface area contributed by atoms with Crippen molar-refractivity contribution in [2.75, 3.05) is 30.8 Å². The SMILES string of the molecule is [2H]C([2H])([2H])Oc1cc(F)c(-c2cc(C([2H])([2H])n3cnc4c(N)ncnc43)c(N3CCC[C@@](N)(C(=O)C(F)F)C3)cn2)cc1F. The Kier molecular flexibility index (Phi) is 5.33. The Labute approximate surface area is 226 Å². The van der Waals surface area contributed by atoms with E-state index in [9.17, 15) is 18.0 Å². The van der Waals surface area contributed by atoms with Crippen molar-refractivity contribution in [1.29, 1.82) is 0 Å². The van der Waals surface area contributed by atoms with Crippen molar-refractivity contribution in [2.24, 2.45) is 5.73 Å². The summed E-state index contributed by atoms with van der Waals surface area (Å²) >= 11 is 0. The first-order chi connectivity index (χ1) is 20.5. The smallest absolute Gasteiger partial charge is 0.297 e. The fourth-order valence-electron chi connectivity index (χ4n) is 4.51. The predicted octanol–water partition coefficient (Wildman–Crippen LogP) is 2.94. The maximum atomic E-state index is 15.2. The number of ether oxygens (including phenoxy) is 1. The summed E-state index contributed by atoms with van der Waals surface area (Å²) in [7, 11) is -3.06. The Morgan fingerprint density at radius 3 is 2.82 bits per heavy atom. The summed E-state index contributed by atoms with van der Waals surface area (Å²) in [5.41, 5.74) is 9.13. The molecule has 4 heterocycles. The van der Waals surface area contributed by atoms with Gasteiger partial charge in [0, 0.05) is 24.7 Å². The Bertz CT molecular complexity index is 1760. The van der Waals surface area contributed by atoms with Crippen LogP contribution in [0.25, 0.3) is 22.4 Å². The third-order valence-corrected chi connectivity index (χ3v) is 6.45. The number of halogens is 4. The molecule has 0 bridgehead atoms. The van der Waals surface area contributed by atoms with E-state index in [-0.39, 0.29) is 53.3 Å². The van der Waals surface area contributed by atoms with Crippen LogP contribution in [0.4, 0.5) is 29.1 Å². The molecule has 4 aromatic rings. The van der Waals surface area contributed by atoms with Crippen LogP contribution in [0.15, 0.2) is 37.1 Å². The number of piperidine rings is 1. The van der Waals surface area contributed by atoms with Gasteiger partial charge >= 0.3 is 0 Å². The number of nitrogens with zero attached hydrogens (tertiary/aromatic N) is 6. The number of pyridine rings is 1. The molecule has 1 aromatic carbocycles. The van der Waals surface area contributed by atoms with Gasteiger partial charge in [-0.25, -0.2) is 32.5 Å². The van der Waals surface area contributed by atoms with Gasteiger partial charge in [0.25, 0.3) is 6.43 Å². The second-order valence-electron chi connectivity index (χ2n) is 8.95. The molecule has 10 nitrogen and oxygen atoms in total. The lowest BCUT2D eigenvalue weighted by Crippen LogP contribution is -2.61. The van der Waals surface area contributed by atoms with Crippen molar-refractivity contribution in [1.82, 2.24) is 24.5 Å². The summed E-state index contributed by atoms with van der Waals surface area (Å²) in [5.74, 6) is -4.74. The first-order valence-corrected chi connectivity index (χ1v) is 11.5. The second kappa shape index (κ2) is 10.1. The Morgan fingerprint density at radius 2 is 2.05 bits per heavy atom. The maximum Gasteiger partial charge on any atom is 0.297 e. The number of carbonyl (C=O) groups excluding carboxylic acids is 1. The molecule has 204 valence electrons. The zero-order valence-corrected chi connectivity index (χ0v) is 20.0. The molecule has 1 saturated heterocycles. The van der Waals surface area contributed by atoms with Gasteiger partial charge in [-0.1, -0.05) is 0 Å². The van der Waals surface area contributed by atoms with Crippen LogP contribution >= 0.6 is 0 Å². The zero-order valence-electron chi connectivity index (χ0n) is 25.0. The Hall–Kier alpha value is -4.33. The van der Waals surface area contributed by atoms with Crippen LogP contribution in [0.5, 0.6) is 5.75 Å². The highest BCUT2D eigenvalue weighted by Crippen LogP contribution is 2.34. The van der Waals surface area contributed by atoms with E-state index >= 15 is 4.39 Å². The van der Waals surface area contributed by atoms with Crippen LogP contribution in [0.2, 0.25) is 0 Å². The highest BCUT2D eigenvalue weighted by atomic mass is 19.3. The van der Waals surface area contributed by atoms with E-state index in [4.69, 9.17) is 18.3 Å². The summed E-state index contributed by atoms with van der Waals surface area (Å²) < 4.78 is 102. The fourth-order valence-corrected chi connectivity index (χ4v) is 4.51. The molecule has 1 aliphatic rings. The molecular formula is C25H24F4N8O2. The van der Waals surface area contributed by atoms with Gasteiger partial charge in [-0.15, -0.1) is 0 Å². The van der Waals surface area contributed by atoms with Gasteiger partial charge < -0.3 is 25.7 Å². The van der Waals surface area contributed by atoms with Crippen molar-refractivity contribution >= 4 is 28.5 Å². The normalized spacial score (nSPS) is 20.3. The summed E-state index contributed by atoms with van der Waals surface area (Å²) in [4.78, 5) is 29.9. The highest BCUT2D eigenvalue weighted by Gasteiger charge is 2.43. The lowest BCUT2D eigenvalue weighted by Gasteiger charge is -2.40. The minimum absolute atomic E-state index is 0.0162. The minimum Gasteiger partial charge on any atom is -0.494 e. The van der Waals surface area contributed by atoms with Crippen LogP contribution in [0.3, 0.4) is 0 Å². The number of fused-ring (bicyclic) bond motifs is 1. The maximum absolute atomic E-state index is 15.2. The third-order valence-electron chi connectivity index (χ3n) is 6.45. The predicted molar refractivity (Wildman–Crippen MR) is 134 cm³/mol. The minimum atomic E-state index is -3.33. The highest BCUT2D eigenvalue weighted by molar-refractivity contribution is 5.92. The van der Waals surface area contributed by atoms with Crippen molar-refractivity contribution in [3.63, 3.8) is 0 Å². The van der Waals surface area contributed by atoms with Gasteiger partial charge in [0.1, 0.15) is 17.7 Å². The van der Waals surface area contributed by atoms with Gasteiger partial charge in [0.2, 0.25) is 5.78 Å². The molecule has 0 aliphatic carbocycles. The summed E-state index contributed by atoms with van der Waals surface area (Å²) in [6.07, 6.45) is 0.136. The zero-order chi connectivity index (χ0) is 32.2. The fraction of sp³-hybridized carbons (Fsp3) is 0.320. The van der Waals surface area contributed by atoms with E-state index in [2.05, 4.69) is 24.7 Å². The van der Waals surface area contributed by atoms with E-state index in [1.165, 1.54) is 4.90 Å². The van der Waals surface area contributed by atoms with E-state index < -0.39 is 60.8 Å². The van der Waals surface area contributed by atoms with Crippen molar-refractivity contribution in [3.8, 4) is 17.0 Å². The molecule has 1 aliphatic heterocycles. The summed E-state index contributed by atoms with van der Waals surface area (Å²) in [6.45, 7) is -2.82. The third kappa shape index (κ3) is 4.82. The van der Waals surface area contributed by atoms with Crippen LogP contribution in [0.1, 0.15) is 25.3 Å². The monoisotopic (exact) mass is 549 g/mol. The van der Waals surface area contributed by atoms with Gasteiger partial charge in [-0.2, -0.15) is 0 Å². The largest absolute Gasteiger partial charge is 0.494 e. The summed E-state index contributed by atoms with van der Waals surface area (Å²) in [6, 6.07) is 2.27. The van der Waals surface area contributed by atoms with Crippen LogP contribution in [-0.4, -0.2) is 62.4 Å². The topological polar surface area (TPSA) is 138 Å². The molecule has 1 fully saturated rings. The number of nitrogens with two attached hydrogens (primary N) is 2. The van der Waals surface area contributed by atoms with Gasteiger partial charge in [0.15, 0.2) is 23.0 Å². The average Bonchev–Trinajstić information content (AvgIpc) is 3.40.